The fraction of sp³-hybridized carbons (Fsp3) is 0.316. The first-order valence-electron chi connectivity index (χ1n) is 8.42. The Hall–Kier alpha value is -2.12. The van der Waals surface area contributed by atoms with Gasteiger partial charge < -0.3 is 5.32 Å². The Kier molecular flexibility index (Phi) is 7.21. The molecule has 0 aliphatic rings. The molecule has 2 rings (SSSR count). The summed E-state index contributed by atoms with van der Waals surface area (Å²) in [6.07, 6.45) is 2.39. The summed E-state index contributed by atoms with van der Waals surface area (Å²) >= 11 is 6.07. The Morgan fingerprint density at radius 3 is 2.48 bits per heavy atom. The second-order valence-corrected chi connectivity index (χ2v) is 8.55. The number of sulfonamides is 1. The van der Waals surface area contributed by atoms with Crippen LogP contribution < -0.4 is 9.62 Å². The molecule has 1 N–H and O–H groups in total. The van der Waals surface area contributed by atoms with Gasteiger partial charge in [-0.25, -0.2) is 12.8 Å². The molecule has 0 aliphatic carbocycles. The van der Waals surface area contributed by atoms with E-state index in [0.29, 0.717) is 35.7 Å². The highest BCUT2D eigenvalue weighted by atomic mass is 35.5. The number of nitrogens with zero attached hydrogens (tertiary/aromatic N) is 1. The third-order valence-corrected chi connectivity index (χ3v) is 5.61. The van der Waals surface area contributed by atoms with E-state index in [2.05, 4.69) is 5.32 Å². The van der Waals surface area contributed by atoms with Crippen LogP contribution in [-0.4, -0.2) is 33.7 Å². The Labute approximate surface area is 164 Å². The maximum atomic E-state index is 12.9. The van der Waals surface area contributed by atoms with Crippen LogP contribution in [0.25, 0.3) is 0 Å². The van der Waals surface area contributed by atoms with Crippen LogP contribution in [-0.2, 0) is 21.2 Å². The van der Waals surface area contributed by atoms with E-state index in [0.717, 1.165) is 16.1 Å². The number of hydrogen-bond donors (Lipinski definition) is 1. The lowest BCUT2D eigenvalue weighted by molar-refractivity contribution is -0.119. The lowest BCUT2D eigenvalue weighted by Gasteiger charge is -2.24. The molecule has 1 amide bonds. The lowest BCUT2D eigenvalue weighted by Crippen LogP contribution is -2.41. The van der Waals surface area contributed by atoms with Crippen LogP contribution in [0.4, 0.5) is 10.1 Å². The van der Waals surface area contributed by atoms with Crippen molar-refractivity contribution < 1.29 is 17.6 Å². The first-order valence-corrected chi connectivity index (χ1v) is 10.6. The van der Waals surface area contributed by atoms with Gasteiger partial charge in [-0.3, -0.25) is 9.10 Å². The van der Waals surface area contributed by atoms with E-state index in [4.69, 9.17) is 11.6 Å². The van der Waals surface area contributed by atoms with E-state index >= 15 is 0 Å². The number of hydrogen-bond acceptors (Lipinski definition) is 3. The molecule has 0 spiro atoms. The maximum Gasteiger partial charge on any atom is 0.240 e. The molecule has 5 nitrogen and oxygen atoms in total. The monoisotopic (exact) mass is 412 g/mol. The maximum absolute atomic E-state index is 12.9. The van der Waals surface area contributed by atoms with Crippen molar-refractivity contribution in [2.24, 2.45) is 0 Å². The van der Waals surface area contributed by atoms with Crippen molar-refractivity contribution in [2.75, 3.05) is 23.7 Å². The minimum absolute atomic E-state index is 0.288. The first kappa shape index (κ1) is 21.2. The molecule has 2 aromatic carbocycles. The molecule has 0 aliphatic heterocycles. The Morgan fingerprint density at radius 1 is 1.19 bits per heavy atom. The molecular weight excluding hydrogens is 391 g/mol. The van der Waals surface area contributed by atoms with Gasteiger partial charge in [-0.15, -0.1) is 0 Å². The number of amides is 1. The van der Waals surface area contributed by atoms with E-state index < -0.39 is 15.9 Å². The molecule has 0 aromatic heterocycles. The molecule has 0 fully saturated rings. The highest BCUT2D eigenvalue weighted by Gasteiger charge is 2.22. The summed E-state index contributed by atoms with van der Waals surface area (Å²) in [5, 5.41) is 3.15. The van der Waals surface area contributed by atoms with Crippen LogP contribution in [0.1, 0.15) is 17.5 Å². The van der Waals surface area contributed by atoms with Gasteiger partial charge in [-0.2, -0.15) is 0 Å². The number of aryl methyl sites for hydroxylation is 1. The number of carbonyl (C=O) groups is 1. The number of rotatable bonds is 8. The van der Waals surface area contributed by atoms with E-state index in [-0.39, 0.29) is 12.4 Å². The average Bonchev–Trinajstić information content (AvgIpc) is 2.60. The second kappa shape index (κ2) is 9.19. The molecule has 27 heavy (non-hydrogen) atoms. The summed E-state index contributed by atoms with van der Waals surface area (Å²) in [5.41, 5.74) is 1.94. The van der Waals surface area contributed by atoms with E-state index in [9.17, 15) is 17.6 Å². The predicted molar refractivity (Wildman–Crippen MR) is 106 cm³/mol. The zero-order chi connectivity index (χ0) is 20.0. The minimum atomic E-state index is -3.65. The molecular formula is C19H22ClFN2O3S. The largest absolute Gasteiger partial charge is 0.355 e. The lowest BCUT2D eigenvalue weighted by atomic mass is 10.1. The molecule has 2 aromatic rings. The van der Waals surface area contributed by atoms with Gasteiger partial charge in [0.15, 0.2) is 0 Å². The van der Waals surface area contributed by atoms with Crippen molar-refractivity contribution in [2.45, 2.75) is 19.8 Å². The smallest absolute Gasteiger partial charge is 0.240 e. The minimum Gasteiger partial charge on any atom is -0.355 e. The highest BCUT2D eigenvalue weighted by molar-refractivity contribution is 7.92. The molecule has 8 heteroatoms. The predicted octanol–water partition coefficient (Wildman–Crippen LogP) is 3.30. The third-order valence-electron chi connectivity index (χ3n) is 4.07. The van der Waals surface area contributed by atoms with E-state index in [1.807, 2.05) is 0 Å². The number of halogens is 2. The first-order chi connectivity index (χ1) is 12.7. The summed E-state index contributed by atoms with van der Waals surface area (Å²) in [7, 11) is -3.65. The molecule has 0 atom stereocenters. The van der Waals surface area contributed by atoms with Gasteiger partial charge in [0.1, 0.15) is 12.4 Å². The Balaban J connectivity index is 1.94. The topological polar surface area (TPSA) is 66.5 Å². The van der Waals surface area contributed by atoms with Crippen molar-refractivity contribution in [3.8, 4) is 0 Å². The van der Waals surface area contributed by atoms with Crippen LogP contribution in [0.2, 0.25) is 5.02 Å². The van der Waals surface area contributed by atoms with Gasteiger partial charge in [-0.1, -0.05) is 29.8 Å². The molecule has 0 bridgehead atoms. The zero-order valence-electron chi connectivity index (χ0n) is 15.2. The van der Waals surface area contributed by atoms with Crippen molar-refractivity contribution in [1.29, 1.82) is 0 Å². The molecule has 146 valence electrons. The van der Waals surface area contributed by atoms with Gasteiger partial charge >= 0.3 is 0 Å². The zero-order valence-corrected chi connectivity index (χ0v) is 16.8. The summed E-state index contributed by atoms with van der Waals surface area (Å²) in [6, 6.07) is 11.1. The summed E-state index contributed by atoms with van der Waals surface area (Å²) in [6.45, 7) is 1.77. The van der Waals surface area contributed by atoms with Gasteiger partial charge in [0, 0.05) is 11.6 Å². The quantitative estimate of drug-likeness (QED) is 0.676. The average molecular weight is 413 g/mol. The van der Waals surface area contributed by atoms with Crippen molar-refractivity contribution in [3.05, 3.63) is 64.4 Å². The summed E-state index contributed by atoms with van der Waals surface area (Å²) in [4.78, 5) is 12.2. The number of carbonyl (C=O) groups excluding carboxylic acids is 1. The van der Waals surface area contributed by atoms with Gasteiger partial charge in [0.05, 0.1) is 11.9 Å². The fourth-order valence-corrected chi connectivity index (χ4v) is 3.68. The van der Waals surface area contributed by atoms with Gasteiger partial charge in [-0.05, 0) is 55.2 Å². The molecule has 0 radical (unpaired) electrons. The molecule has 0 heterocycles. The number of anilines is 1. The van der Waals surface area contributed by atoms with Crippen molar-refractivity contribution in [3.63, 3.8) is 0 Å². The van der Waals surface area contributed by atoms with E-state index in [1.165, 1.54) is 12.1 Å². The number of nitrogens with one attached hydrogen (secondary N) is 1. The second-order valence-electron chi connectivity index (χ2n) is 6.23. The summed E-state index contributed by atoms with van der Waals surface area (Å²) in [5.74, 6) is -0.692. The van der Waals surface area contributed by atoms with Gasteiger partial charge in [0.2, 0.25) is 15.9 Å². The highest BCUT2D eigenvalue weighted by Crippen LogP contribution is 2.27. The SMILES string of the molecule is Cc1c(Cl)cccc1N(CC(=O)NCCCc1ccc(F)cc1)S(C)(=O)=O. The van der Waals surface area contributed by atoms with Crippen LogP contribution in [0.5, 0.6) is 0 Å². The summed E-state index contributed by atoms with van der Waals surface area (Å²) < 4.78 is 38.2. The Bertz CT molecular complexity index is 902. The van der Waals surface area contributed by atoms with Crippen molar-refractivity contribution in [1.82, 2.24) is 5.32 Å². The normalized spacial score (nSPS) is 11.3. The Morgan fingerprint density at radius 2 is 1.85 bits per heavy atom. The van der Waals surface area contributed by atoms with Crippen LogP contribution in [0.3, 0.4) is 0 Å². The van der Waals surface area contributed by atoms with Crippen LogP contribution >= 0.6 is 11.6 Å². The fourth-order valence-electron chi connectivity index (χ4n) is 2.61. The van der Waals surface area contributed by atoms with Crippen LogP contribution in [0, 0.1) is 12.7 Å². The third kappa shape index (κ3) is 6.22. The molecule has 0 saturated heterocycles. The van der Waals surface area contributed by atoms with Crippen LogP contribution in [0.15, 0.2) is 42.5 Å². The number of benzene rings is 2. The standard InChI is InChI=1S/C19H22ClFN2O3S/c1-14-17(20)6-3-7-18(14)23(27(2,25)26)13-19(24)22-12-4-5-15-8-10-16(21)11-9-15/h3,6-11H,4-5,12-13H2,1-2H3,(H,22,24). The molecule has 0 unspecified atom stereocenters. The van der Waals surface area contributed by atoms with Gasteiger partial charge in [0.25, 0.3) is 0 Å². The van der Waals surface area contributed by atoms with E-state index in [1.54, 1.807) is 37.3 Å². The van der Waals surface area contributed by atoms with Crippen molar-refractivity contribution >= 4 is 33.2 Å². The molecule has 0 saturated carbocycles.